The molecule has 7 nitrogen and oxygen atoms in total. The first kappa shape index (κ1) is 25.4. The van der Waals surface area contributed by atoms with Crippen LogP contribution in [0.25, 0.3) is 5.69 Å². The third-order valence-electron chi connectivity index (χ3n) is 4.50. The van der Waals surface area contributed by atoms with E-state index in [-0.39, 0.29) is 29.7 Å². The molecule has 0 saturated carbocycles. The number of nitrogens with one attached hydrogen (secondary N) is 2. The van der Waals surface area contributed by atoms with Crippen LogP contribution in [0.3, 0.4) is 0 Å². The Morgan fingerprint density at radius 1 is 1.17 bits per heavy atom. The molecule has 1 heterocycles. The summed E-state index contributed by atoms with van der Waals surface area (Å²) in [6.07, 6.45) is 0. The minimum atomic E-state index is -3.17. The van der Waals surface area contributed by atoms with E-state index in [4.69, 9.17) is 0 Å². The zero-order chi connectivity index (χ0) is 20.9. The van der Waals surface area contributed by atoms with Gasteiger partial charge in [0.05, 0.1) is 21.9 Å². The quantitative estimate of drug-likeness (QED) is 0.339. The fraction of sp³-hybridized carbons (Fsp3) is 0.500. The number of aliphatic imine (C=N–C) groups is 1. The molecule has 0 bridgehead atoms. The third-order valence-corrected chi connectivity index (χ3v) is 7.10. The van der Waals surface area contributed by atoms with Crippen LogP contribution in [0.5, 0.6) is 0 Å². The number of sulfone groups is 1. The molecule has 2 N–H and O–H groups in total. The molecule has 0 unspecified atom stereocenters. The van der Waals surface area contributed by atoms with Gasteiger partial charge in [0, 0.05) is 25.8 Å². The number of aryl methyl sites for hydroxylation is 2. The summed E-state index contributed by atoms with van der Waals surface area (Å²) in [4.78, 5) is 4.19. The maximum absolute atomic E-state index is 12.2. The lowest BCUT2D eigenvalue weighted by Gasteiger charge is -2.20. The highest BCUT2D eigenvalue weighted by Crippen LogP contribution is 2.17. The van der Waals surface area contributed by atoms with Crippen LogP contribution in [0.15, 0.2) is 35.3 Å². The molecule has 0 aliphatic carbocycles. The lowest BCUT2D eigenvalue weighted by atomic mass is 10.1. The number of para-hydroxylation sites is 1. The monoisotopic (exact) mass is 533 g/mol. The van der Waals surface area contributed by atoms with Crippen molar-refractivity contribution in [3.8, 4) is 5.69 Å². The molecule has 1 aromatic carbocycles. The van der Waals surface area contributed by atoms with E-state index < -0.39 is 14.6 Å². The van der Waals surface area contributed by atoms with Gasteiger partial charge >= 0.3 is 0 Å². The van der Waals surface area contributed by atoms with Crippen LogP contribution in [-0.4, -0.2) is 48.3 Å². The highest BCUT2D eigenvalue weighted by atomic mass is 127. The summed E-state index contributed by atoms with van der Waals surface area (Å²) < 4.78 is 25.6. The van der Waals surface area contributed by atoms with Gasteiger partial charge < -0.3 is 10.6 Å². The highest BCUT2D eigenvalue weighted by Gasteiger charge is 2.28. The first-order chi connectivity index (χ1) is 13.0. The molecule has 29 heavy (non-hydrogen) atoms. The summed E-state index contributed by atoms with van der Waals surface area (Å²) in [6.45, 7) is 9.99. The lowest BCUT2D eigenvalue weighted by molar-refractivity contribution is 0.559. The summed E-state index contributed by atoms with van der Waals surface area (Å²) in [5.41, 5.74) is 4.11. The standard InChI is InChI=1S/C20H31N5O2S.HI/c1-15-13-16(2)25(24-15)18-10-8-7-9-17(18)14-23-19(21-6)22-11-12-28(26,27)20(3,4)5;/h7-10,13H,11-12,14H2,1-6H3,(H2,21,22,23);1H. The number of hydrogen-bond donors (Lipinski definition) is 2. The van der Waals surface area contributed by atoms with Gasteiger partial charge in [-0.25, -0.2) is 13.1 Å². The normalized spacial score (nSPS) is 12.4. The molecule has 0 aliphatic heterocycles. The Kier molecular flexibility index (Phi) is 9.13. The second kappa shape index (κ2) is 10.4. The van der Waals surface area contributed by atoms with E-state index in [1.54, 1.807) is 27.8 Å². The number of halogens is 1. The van der Waals surface area contributed by atoms with E-state index in [0.29, 0.717) is 19.0 Å². The summed E-state index contributed by atoms with van der Waals surface area (Å²) in [7, 11) is -1.50. The second-order valence-corrected chi connectivity index (χ2v) is 10.6. The van der Waals surface area contributed by atoms with Crippen LogP contribution in [0.1, 0.15) is 37.7 Å². The Bertz CT molecular complexity index is 946. The van der Waals surface area contributed by atoms with Gasteiger partial charge in [-0.05, 0) is 52.3 Å². The molecule has 2 rings (SSSR count). The van der Waals surface area contributed by atoms with E-state index in [2.05, 4.69) is 20.7 Å². The van der Waals surface area contributed by atoms with Crippen LogP contribution >= 0.6 is 24.0 Å². The number of nitrogens with zero attached hydrogens (tertiary/aromatic N) is 3. The number of aromatic nitrogens is 2. The van der Waals surface area contributed by atoms with E-state index in [1.165, 1.54) is 0 Å². The molecular formula is C20H32IN5O2S. The molecule has 0 atom stereocenters. The molecule has 2 aromatic rings. The summed E-state index contributed by atoms with van der Waals surface area (Å²) in [5, 5.41) is 10.9. The molecule has 0 fully saturated rings. The van der Waals surface area contributed by atoms with E-state index in [0.717, 1.165) is 22.6 Å². The second-order valence-electron chi connectivity index (χ2n) is 7.75. The van der Waals surface area contributed by atoms with Gasteiger partial charge in [0.15, 0.2) is 15.8 Å². The summed E-state index contributed by atoms with van der Waals surface area (Å²) >= 11 is 0. The van der Waals surface area contributed by atoms with Gasteiger partial charge in [-0.3, -0.25) is 4.99 Å². The third kappa shape index (κ3) is 6.70. The van der Waals surface area contributed by atoms with Gasteiger partial charge in [-0.15, -0.1) is 24.0 Å². The number of hydrogen-bond acceptors (Lipinski definition) is 4. The van der Waals surface area contributed by atoms with Gasteiger partial charge in [-0.2, -0.15) is 5.10 Å². The Morgan fingerprint density at radius 3 is 2.38 bits per heavy atom. The highest BCUT2D eigenvalue weighted by molar-refractivity contribution is 14.0. The SMILES string of the molecule is CN=C(NCCS(=O)(=O)C(C)(C)C)NCc1ccccc1-n1nc(C)cc1C.I. The smallest absolute Gasteiger partial charge is 0.191 e. The molecule has 0 saturated heterocycles. The molecular weight excluding hydrogens is 501 g/mol. The van der Waals surface area contributed by atoms with E-state index >= 15 is 0 Å². The van der Waals surface area contributed by atoms with Crippen LogP contribution in [-0.2, 0) is 16.4 Å². The first-order valence-electron chi connectivity index (χ1n) is 9.33. The molecule has 0 amide bonds. The Labute approximate surface area is 191 Å². The topological polar surface area (TPSA) is 88.4 Å². The van der Waals surface area contributed by atoms with Crippen molar-refractivity contribution in [3.05, 3.63) is 47.3 Å². The predicted octanol–water partition coefficient (Wildman–Crippen LogP) is 2.99. The van der Waals surface area contributed by atoms with Crippen molar-refractivity contribution in [2.75, 3.05) is 19.3 Å². The molecule has 0 spiro atoms. The average molecular weight is 533 g/mol. The average Bonchev–Trinajstić information content (AvgIpc) is 2.95. The van der Waals surface area contributed by atoms with Crippen molar-refractivity contribution in [2.45, 2.75) is 45.9 Å². The Hall–Kier alpha value is -1.62. The number of guanidine groups is 1. The van der Waals surface area contributed by atoms with Gasteiger partial charge in [-0.1, -0.05) is 18.2 Å². The maximum Gasteiger partial charge on any atom is 0.191 e. The van der Waals surface area contributed by atoms with Gasteiger partial charge in [0.2, 0.25) is 0 Å². The van der Waals surface area contributed by atoms with Crippen molar-refractivity contribution >= 4 is 39.8 Å². The van der Waals surface area contributed by atoms with Gasteiger partial charge in [0.1, 0.15) is 0 Å². The van der Waals surface area contributed by atoms with Crippen LogP contribution in [0, 0.1) is 13.8 Å². The van der Waals surface area contributed by atoms with Crippen molar-refractivity contribution in [2.24, 2.45) is 4.99 Å². The Balaban J connectivity index is 0.00000420. The maximum atomic E-state index is 12.2. The molecule has 1 aromatic heterocycles. The van der Waals surface area contributed by atoms with Crippen LogP contribution < -0.4 is 10.6 Å². The summed E-state index contributed by atoms with van der Waals surface area (Å²) in [6, 6.07) is 10.1. The fourth-order valence-electron chi connectivity index (χ4n) is 2.75. The molecule has 9 heteroatoms. The van der Waals surface area contributed by atoms with Crippen molar-refractivity contribution in [1.82, 2.24) is 20.4 Å². The minimum absolute atomic E-state index is 0. The van der Waals surface area contributed by atoms with Crippen molar-refractivity contribution in [1.29, 1.82) is 0 Å². The predicted molar refractivity (Wildman–Crippen MR) is 130 cm³/mol. The van der Waals surface area contributed by atoms with Crippen molar-refractivity contribution < 1.29 is 8.42 Å². The molecule has 0 aliphatic rings. The summed E-state index contributed by atoms with van der Waals surface area (Å²) in [5.74, 6) is 0.617. The zero-order valence-corrected chi connectivity index (χ0v) is 21.1. The van der Waals surface area contributed by atoms with Crippen molar-refractivity contribution in [3.63, 3.8) is 0 Å². The fourth-order valence-corrected chi connectivity index (χ4v) is 3.73. The van der Waals surface area contributed by atoms with Crippen LogP contribution in [0.2, 0.25) is 0 Å². The first-order valence-corrected chi connectivity index (χ1v) is 11.0. The molecule has 162 valence electrons. The largest absolute Gasteiger partial charge is 0.355 e. The lowest BCUT2D eigenvalue weighted by Crippen LogP contribution is -2.41. The van der Waals surface area contributed by atoms with Gasteiger partial charge in [0.25, 0.3) is 0 Å². The van der Waals surface area contributed by atoms with E-state index in [9.17, 15) is 8.42 Å². The zero-order valence-electron chi connectivity index (χ0n) is 18.0. The Morgan fingerprint density at radius 2 is 1.83 bits per heavy atom. The van der Waals surface area contributed by atoms with E-state index in [1.807, 2.05) is 48.9 Å². The number of rotatable bonds is 6. The minimum Gasteiger partial charge on any atom is -0.355 e. The number of benzene rings is 1. The van der Waals surface area contributed by atoms with Crippen LogP contribution in [0.4, 0.5) is 0 Å². The molecule has 0 radical (unpaired) electrons.